The topological polar surface area (TPSA) is 66.9 Å². The number of hydrogen-bond acceptors (Lipinski definition) is 4. The Balaban J connectivity index is 1.56. The summed E-state index contributed by atoms with van der Waals surface area (Å²) in [5, 5.41) is 0. The third-order valence-electron chi connectivity index (χ3n) is 5.81. The highest BCUT2D eigenvalue weighted by Gasteiger charge is 2.33. The van der Waals surface area contributed by atoms with Gasteiger partial charge in [-0.1, -0.05) is 48.5 Å². The number of piperidine rings is 1. The predicted molar refractivity (Wildman–Crippen MR) is 122 cm³/mol. The first-order valence-corrected chi connectivity index (χ1v) is 12.4. The fourth-order valence-corrected chi connectivity index (χ4v) is 5.69. The number of nitrogens with zero attached hydrogens (tertiary/aromatic N) is 2. The first kappa shape index (κ1) is 23.3. The Hall–Kier alpha value is -2.38. The van der Waals surface area contributed by atoms with Crippen molar-refractivity contribution < 1.29 is 17.9 Å². The summed E-state index contributed by atoms with van der Waals surface area (Å²) in [6, 6.07) is 17.5. The van der Waals surface area contributed by atoms with Crippen LogP contribution in [0.4, 0.5) is 0 Å². The van der Waals surface area contributed by atoms with E-state index in [-0.39, 0.29) is 24.1 Å². The summed E-state index contributed by atoms with van der Waals surface area (Å²) >= 11 is 0. The molecule has 0 spiro atoms. The minimum absolute atomic E-state index is 0.0184. The van der Waals surface area contributed by atoms with Crippen molar-refractivity contribution in [2.75, 3.05) is 33.0 Å². The van der Waals surface area contributed by atoms with E-state index in [1.807, 2.05) is 54.6 Å². The number of ether oxygens (including phenoxy) is 1. The van der Waals surface area contributed by atoms with Crippen LogP contribution >= 0.6 is 0 Å². The summed E-state index contributed by atoms with van der Waals surface area (Å²) < 4.78 is 32.6. The fourth-order valence-electron chi connectivity index (χ4n) is 4.11. The van der Waals surface area contributed by atoms with Crippen molar-refractivity contribution in [1.29, 1.82) is 0 Å². The second kappa shape index (κ2) is 10.8. The van der Waals surface area contributed by atoms with Gasteiger partial charge in [-0.3, -0.25) is 4.79 Å². The molecule has 1 heterocycles. The molecule has 0 saturated carbocycles. The molecule has 3 rings (SSSR count). The van der Waals surface area contributed by atoms with Crippen LogP contribution in [-0.2, 0) is 27.8 Å². The van der Waals surface area contributed by atoms with Gasteiger partial charge in [0.25, 0.3) is 0 Å². The van der Waals surface area contributed by atoms with E-state index < -0.39 is 10.0 Å². The standard InChI is InChI=1S/C24H32N2O4S/c1-25(18-21-13-6-7-15-23(21)30-2)24(27)22-14-8-16-26(19-22)31(28,29)17-9-12-20-10-4-3-5-11-20/h3-7,10-11,13,15,22H,8-9,12,14,16-19H2,1-2H3. The second-order valence-electron chi connectivity index (χ2n) is 8.11. The van der Waals surface area contributed by atoms with Crippen LogP contribution in [0.1, 0.15) is 30.4 Å². The molecule has 2 aromatic carbocycles. The van der Waals surface area contributed by atoms with Crippen molar-refractivity contribution >= 4 is 15.9 Å². The first-order valence-electron chi connectivity index (χ1n) is 10.8. The van der Waals surface area contributed by atoms with E-state index in [4.69, 9.17) is 4.74 Å². The molecule has 1 amide bonds. The molecule has 6 nitrogen and oxygen atoms in total. The average Bonchev–Trinajstić information content (AvgIpc) is 2.79. The third kappa shape index (κ3) is 6.31. The van der Waals surface area contributed by atoms with Gasteiger partial charge in [0, 0.05) is 32.2 Å². The van der Waals surface area contributed by atoms with Crippen molar-refractivity contribution in [3.05, 3.63) is 65.7 Å². The molecule has 1 unspecified atom stereocenters. The quantitative estimate of drug-likeness (QED) is 0.595. The Kier molecular flexibility index (Phi) is 8.09. The van der Waals surface area contributed by atoms with Crippen molar-refractivity contribution in [1.82, 2.24) is 9.21 Å². The molecule has 31 heavy (non-hydrogen) atoms. The minimum atomic E-state index is -3.37. The van der Waals surface area contributed by atoms with Gasteiger partial charge in [0.15, 0.2) is 0 Å². The van der Waals surface area contributed by atoms with Gasteiger partial charge in [-0.05, 0) is 37.3 Å². The SMILES string of the molecule is COc1ccccc1CN(C)C(=O)C1CCCN(S(=O)(=O)CCCc2ccccc2)C1. The molecular formula is C24H32N2O4S. The Morgan fingerprint density at radius 2 is 1.84 bits per heavy atom. The molecule has 1 aliphatic rings. The number of sulfonamides is 1. The fraction of sp³-hybridized carbons (Fsp3) is 0.458. The zero-order valence-electron chi connectivity index (χ0n) is 18.4. The van der Waals surface area contributed by atoms with Crippen LogP contribution in [0.5, 0.6) is 5.75 Å². The van der Waals surface area contributed by atoms with Crippen molar-refractivity contribution in [2.45, 2.75) is 32.2 Å². The van der Waals surface area contributed by atoms with Gasteiger partial charge in [0.05, 0.1) is 18.8 Å². The lowest BCUT2D eigenvalue weighted by molar-refractivity contribution is -0.135. The highest BCUT2D eigenvalue weighted by atomic mass is 32.2. The number of carbonyl (C=O) groups is 1. The summed E-state index contributed by atoms with van der Waals surface area (Å²) in [6.07, 6.45) is 2.73. The highest BCUT2D eigenvalue weighted by molar-refractivity contribution is 7.89. The van der Waals surface area contributed by atoms with Gasteiger partial charge in [0.1, 0.15) is 5.75 Å². The Bertz CT molecular complexity index is 963. The number of aryl methyl sites for hydroxylation is 1. The van der Waals surface area contributed by atoms with E-state index in [0.717, 1.165) is 23.3 Å². The van der Waals surface area contributed by atoms with Crippen LogP contribution in [0.2, 0.25) is 0 Å². The van der Waals surface area contributed by atoms with Gasteiger partial charge in [-0.25, -0.2) is 12.7 Å². The molecule has 0 N–H and O–H groups in total. The molecule has 1 saturated heterocycles. The van der Waals surface area contributed by atoms with Crippen LogP contribution < -0.4 is 4.74 Å². The van der Waals surface area contributed by atoms with Crippen LogP contribution in [0, 0.1) is 5.92 Å². The minimum Gasteiger partial charge on any atom is -0.496 e. The number of carbonyl (C=O) groups excluding carboxylic acids is 1. The molecule has 0 radical (unpaired) electrons. The zero-order chi connectivity index (χ0) is 22.3. The summed E-state index contributed by atoms with van der Waals surface area (Å²) in [7, 11) is 0.00679. The van der Waals surface area contributed by atoms with Crippen LogP contribution in [0.25, 0.3) is 0 Å². The smallest absolute Gasteiger partial charge is 0.227 e. The number of rotatable bonds is 9. The van der Waals surface area contributed by atoms with Gasteiger partial charge in [0.2, 0.25) is 15.9 Å². The maximum absolute atomic E-state index is 13.0. The van der Waals surface area contributed by atoms with E-state index in [1.54, 1.807) is 19.1 Å². The molecule has 0 aromatic heterocycles. The monoisotopic (exact) mass is 444 g/mol. The van der Waals surface area contributed by atoms with E-state index >= 15 is 0 Å². The second-order valence-corrected chi connectivity index (χ2v) is 10.2. The molecular weight excluding hydrogens is 412 g/mol. The van der Waals surface area contributed by atoms with Crippen LogP contribution in [0.3, 0.4) is 0 Å². The highest BCUT2D eigenvalue weighted by Crippen LogP contribution is 2.24. The lowest BCUT2D eigenvalue weighted by atomic mass is 9.98. The summed E-state index contributed by atoms with van der Waals surface area (Å²) in [6.45, 7) is 1.19. The zero-order valence-corrected chi connectivity index (χ0v) is 19.2. The molecule has 7 heteroatoms. The summed E-state index contributed by atoms with van der Waals surface area (Å²) in [4.78, 5) is 14.7. The normalized spacial score (nSPS) is 17.3. The molecule has 2 aromatic rings. The van der Waals surface area contributed by atoms with Crippen molar-refractivity contribution in [3.63, 3.8) is 0 Å². The summed E-state index contributed by atoms with van der Waals surface area (Å²) in [5.74, 6) is 0.528. The number of hydrogen-bond donors (Lipinski definition) is 0. The number of benzene rings is 2. The van der Waals surface area contributed by atoms with Gasteiger partial charge < -0.3 is 9.64 Å². The Morgan fingerprint density at radius 3 is 2.58 bits per heavy atom. The molecule has 1 atom stereocenters. The lowest BCUT2D eigenvalue weighted by Gasteiger charge is -2.33. The van der Waals surface area contributed by atoms with Gasteiger partial charge in [-0.15, -0.1) is 0 Å². The molecule has 1 aliphatic heterocycles. The van der Waals surface area contributed by atoms with E-state index in [1.165, 1.54) is 4.31 Å². The van der Waals surface area contributed by atoms with E-state index in [9.17, 15) is 13.2 Å². The number of methoxy groups -OCH3 is 1. The maximum atomic E-state index is 13.0. The molecule has 1 fully saturated rings. The van der Waals surface area contributed by atoms with E-state index in [0.29, 0.717) is 32.4 Å². The number of para-hydroxylation sites is 1. The van der Waals surface area contributed by atoms with Crippen LogP contribution in [-0.4, -0.2) is 56.5 Å². The largest absolute Gasteiger partial charge is 0.496 e. The van der Waals surface area contributed by atoms with E-state index in [2.05, 4.69) is 0 Å². The average molecular weight is 445 g/mol. The maximum Gasteiger partial charge on any atom is 0.227 e. The van der Waals surface area contributed by atoms with Crippen molar-refractivity contribution in [3.8, 4) is 5.75 Å². The Morgan fingerprint density at radius 1 is 1.13 bits per heavy atom. The lowest BCUT2D eigenvalue weighted by Crippen LogP contribution is -2.46. The first-order chi connectivity index (χ1) is 14.9. The van der Waals surface area contributed by atoms with Gasteiger partial charge >= 0.3 is 0 Å². The number of amides is 1. The molecule has 168 valence electrons. The molecule has 0 bridgehead atoms. The molecule has 0 aliphatic carbocycles. The third-order valence-corrected chi connectivity index (χ3v) is 7.74. The van der Waals surface area contributed by atoms with Crippen molar-refractivity contribution in [2.24, 2.45) is 5.92 Å². The Labute approximate surface area is 185 Å². The van der Waals surface area contributed by atoms with Crippen LogP contribution in [0.15, 0.2) is 54.6 Å². The predicted octanol–water partition coefficient (Wildman–Crippen LogP) is 3.33. The summed E-state index contributed by atoms with van der Waals surface area (Å²) in [5.41, 5.74) is 2.07. The van der Waals surface area contributed by atoms with Gasteiger partial charge in [-0.2, -0.15) is 0 Å².